The number of hydrogen-bond acceptors (Lipinski definition) is 3. The molecule has 2 rings (SSSR count). The van der Waals surface area contributed by atoms with Gasteiger partial charge in [0.2, 0.25) is 0 Å². The first-order chi connectivity index (χ1) is 9.08. The lowest BCUT2D eigenvalue weighted by molar-refractivity contribution is 0.0695. The van der Waals surface area contributed by atoms with Crippen LogP contribution in [0.15, 0.2) is 18.2 Å². The fraction of sp³-hybridized carbons (Fsp3) is 0.385. The average Bonchev–Trinajstić information content (AvgIpc) is 2.88. The molecule has 1 unspecified atom stereocenters. The number of carbonyl (C=O) groups is 2. The molecule has 1 aliphatic rings. The Hall–Kier alpha value is -1.95. The lowest BCUT2D eigenvalue weighted by Gasteiger charge is -2.10. The van der Waals surface area contributed by atoms with Gasteiger partial charge in [-0.15, -0.1) is 0 Å². The molecule has 1 aromatic rings. The summed E-state index contributed by atoms with van der Waals surface area (Å²) in [7, 11) is 0. The fourth-order valence-electron chi connectivity index (χ4n) is 1.91. The first kappa shape index (κ1) is 13.5. The number of carboxylic acid groups (broad SMARTS) is 1. The topological polar surface area (TPSA) is 75.6 Å². The SMILES string of the molecule is O=C(O)c1ccc(C(=O)NCC2CCOC2)c(F)c1. The molecule has 1 fully saturated rings. The molecular formula is C13H14FNO4. The molecule has 19 heavy (non-hydrogen) atoms. The van der Waals surface area contributed by atoms with Crippen LogP contribution in [-0.4, -0.2) is 36.7 Å². The molecule has 0 spiro atoms. The van der Waals surface area contributed by atoms with Crippen LogP contribution in [0.25, 0.3) is 0 Å². The van der Waals surface area contributed by atoms with E-state index < -0.39 is 17.7 Å². The number of halogens is 1. The van der Waals surface area contributed by atoms with E-state index in [0.717, 1.165) is 12.5 Å². The van der Waals surface area contributed by atoms with Gasteiger partial charge in [0.1, 0.15) is 5.82 Å². The van der Waals surface area contributed by atoms with Gasteiger partial charge in [0, 0.05) is 19.1 Å². The average molecular weight is 267 g/mol. The third-order valence-corrected chi connectivity index (χ3v) is 3.04. The monoisotopic (exact) mass is 267 g/mol. The van der Waals surface area contributed by atoms with Crippen molar-refractivity contribution >= 4 is 11.9 Å². The number of rotatable bonds is 4. The Morgan fingerprint density at radius 2 is 2.26 bits per heavy atom. The maximum Gasteiger partial charge on any atom is 0.335 e. The molecule has 0 saturated carbocycles. The molecule has 1 heterocycles. The Balaban J connectivity index is 2.00. The van der Waals surface area contributed by atoms with Gasteiger partial charge in [-0.3, -0.25) is 4.79 Å². The Labute approximate surface area is 109 Å². The van der Waals surface area contributed by atoms with Crippen LogP contribution in [0.2, 0.25) is 0 Å². The molecule has 5 nitrogen and oxygen atoms in total. The van der Waals surface area contributed by atoms with Gasteiger partial charge in [-0.05, 0) is 24.6 Å². The minimum atomic E-state index is -1.23. The molecule has 1 saturated heterocycles. The first-order valence-corrected chi connectivity index (χ1v) is 5.96. The summed E-state index contributed by atoms with van der Waals surface area (Å²) < 4.78 is 18.8. The number of amides is 1. The smallest absolute Gasteiger partial charge is 0.335 e. The van der Waals surface area contributed by atoms with Crippen LogP contribution in [-0.2, 0) is 4.74 Å². The largest absolute Gasteiger partial charge is 0.478 e. The van der Waals surface area contributed by atoms with Gasteiger partial charge in [-0.25, -0.2) is 9.18 Å². The van der Waals surface area contributed by atoms with Gasteiger partial charge in [0.05, 0.1) is 17.7 Å². The van der Waals surface area contributed by atoms with Crippen molar-refractivity contribution in [2.75, 3.05) is 19.8 Å². The highest BCUT2D eigenvalue weighted by atomic mass is 19.1. The van der Waals surface area contributed by atoms with E-state index >= 15 is 0 Å². The number of hydrogen-bond donors (Lipinski definition) is 2. The van der Waals surface area contributed by atoms with Crippen LogP contribution in [0.5, 0.6) is 0 Å². The maximum absolute atomic E-state index is 13.6. The summed E-state index contributed by atoms with van der Waals surface area (Å²) in [5.74, 6) is -2.35. The zero-order valence-electron chi connectivity index (χ0n) is 10.2. The van der Waals surface area contributed by atoms with Crippen molar-refractivity contribution in [1.82, 2.24) is 5.32 Å². The van der Waals surface area contributed by atoms with Crippen LogP contribution in [0.1, 0.15) is 27.1 Å². The normalized spacial score (nSPS) is 18.3. The molecule has 6 heteroatoms. The number of nitrogens with one attached hydrogen (secondary N) is 1. The highest BCUT2D eigenvalue weighted by Crippen LogP contribution is 2.13. The summed E-state index contributed by atoms with van der Waals surface area (Å²) in [6.07, 6.45) is 0.876. The summed E-state index contributed by atoms with van der Waals surface area (Å²) in [6, 6.07) is 3.23. The lowest BCUT2D eigenvalue weighted by Crippen LogP contribution is -2.30. The number of ether oxygens (including phenoxy) is 1. The second-order valence-corrected chi connectivity index (χ2v) is 4.44. The van der Waals surface area contributed by atoms with E-state index in [9.17, 15) is 14.0 Å². The molecule has 0 aromatic heterocycles. The third-order valence-electron chi connectivity index (χ3n) is 3.04. The highest BCUT2D eigenvalue weighted by molar-refractivity contribution is 5.96. The van der Waals surface area contributed by atoms with E-state index in [1.165, 1.54) is 12.1 Å². The Bertz CT molecular complexity index is 497. The quantitative estimate of drug-likeness (QED) is 0.862. The molecule has 2 N–H and O–H groups in total. The van der Waals surface area contributed by atoms with Crippen molar-refractivity contribution in [2.45, 2.75) is 6.42 Å². The van der Waals surface area contributed by atoms with Crippen molar-refractivity contribution in [3.8, 4) is 0 Å². The van der Waals surface area contributed by atoms with E-state index in [2.05, 4.69) is 5.32 Å². The summed E-state index contributed by atoms with van der Waals surface area (Å²) >= 11 is 0. The molecule has 102 valence electrons. The van der Waals surface area contributed by atoms with Crippen molar-refractivity contribution in [1.29, 1.82) is 0 Å². The zero-order chi connectivity index (χ0) is 13.8. The maximum atomic E-state index is 13.6. The number of carbonyl (C=O) groups excluding carboxylic acids is 1. The standard InChI is InChI=1S/C13H14FNO4/c14-11-5-9(13(17)18)1-2-10(11)12(16)15-6-8-3-4-19-7-8/h1-2,5,8H,3-4,6-7H2,(H,15,16)(H,17,18). The van der Waals surface area contributed by atoms with Crippen LogP contribution in [0.3, 0.4) is 0 Å². The van der Waals surface area contributed by atoms with E-state index in [1.807, 2.05) is 0 Å². The fourth-order valence-corrected chi connectivity index (χ4v) is 1.91. The minimum absolute atomic E-state index is 0.149. The van der Waals surface area contributed by atoms with Gasteiger partial charge < -0.3 is 15.2 Å². The van der Waals surface area contributed by atoms with Crippen molar-refractivity contribution in [3.05, 3.63) is 35.1 Å². The zero-order valence-corrected chi connectivity index (χ0v) is 10.2. The second kappa shape index (κ2) is 5.79. The molecule has 1 atom stereocenters. The summed E-state index contributed by atoms with van der Waals surface area (Å²) in [5, 5.41) is 11.3. The molecule has 1 aromatic carbocycles. The van der Waals surface area contributed by atoms with Gasteiger partial charge in [-0.2, -0.15) is 0 Å². The Morgan fingerprint density at radius 1 is 1.47 bits per heavy atom. The molecule has 0 aliphatic carbocycles. The second-order valence-electron chi connectivity index (χ2n) is 4.44. The summed E-state index contributed by atoms with van der Waals surface area (Å²) in [4.78, 5) is 22.4. The van der Waals surface area contributed by atoms with Gasteiger partial charge in [0.15, 0.2) is 0 Å². The lowest BCUT2D eigenvalue weighted by atomic mass is 10.1. The van der Waals surface area contributed by atoms with Crippen molar-refractivity contribution in [2.24, 2.45) is 5.92 Å². The van der Waals surface area contributed by atoms with E-state index in [0.29, 0.717) is 19.8 Å². The summed E-state index contributed by atoms with van der Waals surface area (Å²) in [6.45, 7) is 1.71. The van der Waals surface area contributed by atoms with Crippen LogP contribution < -0.4 is 5.32 Å². The molecule has 1 amide bonds. The van der Waals surface area contributed by atoms with Gasteiger partial charge >= 0.3 is 5.97 Å². The highest BCUT2D eigenvalue weighted by Gasteiger charge is 2.18. The number of benzene rings is 1. The van der Waals surface area contributed by atoms with Crippen LogP contribution >= 0.6 is 0 Å². The van der Waals surface area contributed by atoms with E-state index in [4.69, 9.17) is 9.84 Å². The predicted octanol–water partition coefficient (Wildman–Crippen LogP) is 1.29. The van der Waals surface area contributed by atoms with Crippen LogP contribution in [0.4, 0.5) is 4.39 Å². The Morgan fingerprint density at radius 3 is 2.84 bits per heavy atom. The van der Waals surface area contributed by atoms with Crippen LogP contribution in [0, 0.1) is 11.7 Å². The molecule has 1 aliphatic heterocycles. The van der Waals surface area contributed by atoms with Crippen molar-refractivity contribution in [3.63, 3.8) is 0 Å². The van der Waals surface area contributed by atoms with E-state index in [-0.39, 0.29) is 17.0 Å². The van der Waals surface area contributed by atoms with Gasteiger partial charge in [0.25, 0.3) is 5.91 Å². The molecular weight excluding hydrogens is 253 g/mol. The third kappa shape index (κ3) is 3.29. The summed E-state index contributed by atoms with van der Waals surface area (Å²) in [5.41, 5.74) is -0.331. The van der Waals surface area contributed by atoms with Crippen molar-refractivity contribution < 1.29 is 23.8 Å². The van der Waals surface area contributed by atoms with E-state index in [1.54, 1.807) is 0 Å². The predicted molar refractivity (Wildman–Crippen MR) is 64.6 cm³/mol. The number of carboxylic acids is 1. The Kier molecular flexibility index (Phi) is 4.11. The molecule has 0 bridgehead atoms. The first-order valence-electron chi connectivity index (χ1n) is 5.96. The number of aromatic carboxylic acids is 1. The molecule has 0 radical (unpaired) electrons. The minimum Gasteiger partial charge on any atom is -0.478 e. The van der Waals surface area contributed by atoms with Gasteiger partial charge in [-0.1, -0.05) is 0 Å².